The topological polar surface area (TPSA) is 70.3 Å². The minimum Gasteiger partial charge on any atom is -0.324 e. The lowest BCUT2D eigenvalue weighted by molar-refractivity contribution is 0.318. The second-order valence-corrected chi connectivity index (χ2v) is 3.34. The summed E-state index contributed by atoms with van der Waals surface area (Å²) in [4.78, 5) is 8.61. The first-order valence-electron chi connectivity index (χ1n) is 2.21. The zero-order chi connectivity index (χ0) is 7.33. The molecule has 0 aromatic rings. The predicted molar refractivity (Wildman–Crippen MR) is 31.6 cm³/mol. The standard InChI is InChI=1S/C4H7NO3P/c1-8-9(6,7)4-2-3-5/h2H,4H2,1H3,(H,6,7). The third kappa shape index (κ3) is 4.16. The Kier molecular flexibility index (Phi) is 3.48. The van der Waals surface area contributed by atoms with Crippen molar-refractivity contribution in [3.8, 4) is 6.07 Å². The number of rotatable bonds is 3. The van der Waals surface area contributed by atoms with Gasteiger partial charge in [0.25, 0.3) is 0 Å². The lowest BCUT2D eigenvalue weighted by atomic mass is 10.6. The van der Waals surface area contributed by atoms with E-state index in [1.165, 1.54) is 0 Å². The molecule has 0 spiro atoms. The Morgan fingerprint density at radius 2 is 2.56 bits per heavy atom. The summed E-state index contributed by atoms with van der Waals surface area (Å²) in [5.74, 6) is 0. The monoisotopic (exact) mass is 148 g/mol. The number of nitrogens with zero attached hydrogens (tertiary/aromatic N) is 1. The van der Waals surface area contributed by atoms with Crippen LogP contribution in [0.1, 0.15) is 0 Å². The van der Waals surface area contributed by atoms with Crippen molar-refractivity contribution in [1.29, 1.82) is 5.26 Å². The third-order valence-electron chi connectivity index (χ3n) is 0.699. The molecule has 0 heterocycles. The van der Waals surface area contributed by atoms with Crippen LogP contribution in [0, 0.1) is 17.8 Å². The molecule has 0 saturated carbocycles. The van der Waals surface area contributed by atoms with Gasteiger partial charge in [-0.3, -0.25) is 4.57 Å². The zero-order valence-corrected chi connectivity index (χ0v) is 5.84. The highest BCUT2D eigenvalue weighted by Crippen LogP contribution is 2.40. The summed E-state index contributed by atoms with van der Waals surface area (Å²) in [6.45, 7) is 0. The molecule has 0 aliphatic heterocycles. The highest BCUT2D eigenvalue weighted by atomic mass is 31.2. The summed E-state index contributed by atoms with van der Waals surface area (Å²) in [7, 11) is -2.34. The molecule has 0 aliphatic rings. The first kappa shape index (κ1) is 8.64. The van der Waals surface area contributed by atoms with Crippen LogP contribution in [0.5, 0.6) is 0 Å². The maximum atomic E-state index is 10.5. The van der Waals surface area contributed by atoms with Gasteiger partial charge in [0.1, 0.15) is 0 Å². The van der Waals surface area contributed by atoms with E-state index in [1.807, 2.05) is 0 Å². The van der Waals surface area contributed by atoms with Gasteiger partial charge in [-0.2, -0.15) is 5.26 Å². The molecular formula is C4H7NO3P. The van der Waals surface area contributed by atoms with Crippen molar-refractivity contribution >= 4 is 7.60 Å². The van der Waals surface area contributed by atoms with Crippen LogP contribution in [-0.4, -0.2) is 18.2 Å². The van der Waals surface area contributed by atoms with E-state index in [0.29, 0.717) is 0 Å². The summed E-state index contributed by atoms with van der Waals surface area (Å²) in [5, 5.41) is 7.93. The Morgan fingerprint density at radius 1 is 2.00 bits per heavy atom. The average molecular weight is 148 g/mol. The molecule has 51 valence electrons. The van der Waals surface area contributed by atoms with E-state index in [4.69, 9.17) is 10.2 Å². The molecule has 0 aromatic carbocycles. The van der Waals surface area contributed by atoms with Gasteiger partial charge in [0.2, 0.25) is 0 Å². The van der Waals surface area contributed by atoms with Crippen molar-refractivity contribution in [3.63, 3.8) is 0 Å². The normalized spacial score (nSPS) is 16.1. The molecule has 0 aromatic heterocycles. The minimum absolute atomic E-state index is 0.208. The molecule has 0 bridgehead atoms. The van der Waals surface area contributed by atoms with Gasteiger partial charge in [0, 0.05) is 7.11 Å². The van der Waals surface area contributed by atoms with Crippen LogP contribution in [0.3, 0.4) is 0 Å². The molecule has 1 N–H and O–H groups in total. The third-order valence-corrected chi connectivity index (χ3v) is 1.91. The van der Waals surface area contributed by atoms with Crippen molar-refractivity contribution in [2.45, 2.75) is 0 Å². The van der Waals surface area contributed by atoms with Gasteiger partial charge < -0.3 is 9.42 Å². The predicted octanol–water partition coefficient (Wildman–Crippen LogP) is 0.546. The fourth-order valence-electron chi connectivity index (χ4n) is 0.231. The molecule has 1 atom stereocenters. The van der Waals surface area contributed by atoms with Gasteiger partial charge >= 0.3 is 7.60 Å². The van der Waals surface area contributed by atoms with Gasteiger partial charge in [-0.25, -0.2) is 0 Å². The SMILES string of the molecule is COP(=O)(O)C[CH]C#N. The van der Waals surface area contributed by atoms with Crippen molar-refractivity contribution in [1.82, 2.24) is 0 Å². The number of nitriles is 1. The molecule has 1 radical (unpaired) electrons. The molecule has 5 heteroatoms. The molecule has 1 unspecified atom stereocenters. The zero-order valence-electron chi connectivity index (χ0n) is 4.94. The highest BCUT2D eigenvalue weighted by Gasteiger charge is 2.15. The molecule has 0 saturated heterocycles. The Morgan fingerprint density at radius 3 is 2.89 bits per heavy atom. The van der Waals surface area contributed by atoms with E-state index in [0.717, 1.165) is 13.5 Å². The maximum absolute atomic E-state index is 10.5. The van der Waals surface area contributed by atoms with Crippen LogP contribution in [-0.2, 0) is 9.09 Å². The fraction of sp³-hybridized carbons (Fsp3) is 0.500. The number of hydrogen-bond acceptors (Lipinski definition) is 3. The van der Waals surface area contributed by atoms with Crippen LogP contribution >= 0.6 is 7.60 Å². The fourth-order valence-corrected chi connectivity index (χ4v) is 0.692. The Bertz CT molecular complexity index is 162. The van der Waals surface area contributed by atoms with E-state index in [1.54, 1.807) is 6.07 Å². The second kappa shape index (κ2) is 3.62. The van der Waals surface area contributed by atoms with E-state index in [-0.39, 0.29) is 6.16 Å². The molecule has 4 nitrogen and oxygen atoms in total. The average Bonchev–Trinajstić information content (AvgIpc) is 1.84. The van der Waals surface area contributed by atoms with Crippen LogP contribution in [0.2, 0.25) is 0 Å². The van der Waals surface area contributed by atoms with Gasteiger partial charge in [0.15, 0.2) is 0 Å². The van der Waals surface area contributed by atoms with Gasteiger partial charge in [0.05, 0.1) is 18.7 Å². The molecule has 0 aliphatic carbocycles. The van der Waals surface area contributed by atoms with Crippen LogP contribution in [0.4, 0.5) is 0 Å². The molecule has 0 rings (SSSR count). The number of hydrogen-bond donors (Lipinski definition) is 1. The lowest BCUT2D eigenvalue weighted by Crippen LogP contribution is -1.89. The van der Waals surface area contributed by atoms with E-state index in [9.17, 15) is 4.57 Å². The molecular weight excluding hydrogens is 141 g/mol. The summed E-state index contributed by atoms with van der Waals surface area (Å²) in [6.07, 6.45) is 0.824. The van der Waals surface area contributed by atoms with Crippen molar-refractivity contribution in [3.05, 3.63) is 6.42 Å². The minimum atomic E-state index is -3.47. The van der Waals surface area contributed by atoms with E-state index >= 15 is 0 Å². The first-order chi connectivity index (χ1) is 4.12. The molecule has 9 heavy (non-hydrogen) atoms. The molecule has 0 amide bonds. The summed E-state index contributed by atoms with van der Waals surface area (Å²) in [5.41, 5.74) is 0. The summed E-state index contributed by atoms with van der Waals surface area (Å²) in [6, 6.07) is 1.62. The largest absolute Gasteiger partial charge is 0.329 e. The van der Waals surface area contributed by atoms with Crippen LogP contribution in [0.25, 0.3) is 0 Å². The summed E-state index contributed by atoms with van der Waals surface area (Å²) >= 11 is 0. The lowest BCUT2D eigenvalue weighted by Gasteiger charge is -2.03. The quantitative estimate of drug-likeness (QED) is 0.593. The smallest absolute Gasteiger partial charge is 0.324 e. The maximum Gasteiger partial charge on any atom is 0.329 e. The highest BCUT2D eigenvalue weighted by molar-refractivity contribution is 7.52. The van der Waals surface area contributed by atoms with Crippen molar-refractivity contribution in [2.75, 3.05) is 13.3 Å². The summed E-state index contributed by atoms with van der Waals surface area (Å²) < 4.78 is 14.7. The second-order valence-electron chi connectivity index (χ2n) is 1.34. The Hall–Kier alpha value is -0.360. The Balaban J connectivity index is 3.63. The van der Waals surface area contributed by atoms with Crippen molar-refractivity contribution < 1.29 is 14.0 Å². The first-order valence-corrected chi connectivity index (χ1v) is 3.97. The van der Waals surface area contributed by atoms with E-state index in [2.05, 4.69) is 4.52 Å². The Labute approximate surface area is 53.6 Å². The van der Waals surface area contributed by atoms with Gasteiger partial charge in [-0.05, 0) is 0 Å². The van der Waals surface area contributed by atoms with Crippen LogP contribution < -0.4 is 0 Å². The van der Waals surface area contributed by atoms with Gasteiger partial charge in [-0.1, -0.05) is 0 Å². The molecule has 0 fully saturated rings. The van der Waals surface area contributed by atoms with Gasteiger partial charge in [-0.15, -0.1) is 0 Å². The van der Waals surface area contributed by atoms with Crippen LogP contribution in [0.15, 0.2) is 0 Å². The van der Waals surface area contributed by atoms with Crippen molar-refractivity contribution in [2.24, 2.45) is 0 Å². The van der Waals surface area contributed by atoms with E-state index < -0.39 is 7.60 Å².